The summed E-state index contributed by atoms with van der Waals surface area (Å²) in [5.41, 5.74) is -0.448. The van der Waals surface area contributed by atoms with Crippen LogP contribution in [0, 0.1) is 0 Å². The van der Waals surface area contributed by atoms with Crippen molar-refractivity contribution in [1.82, 2.24) is 4.57 Å². The molecule has 2 heterocycles. The van der Waals surface area contributed by atoms with Crippen molar-refractivity contribution in [3.63, 3.8) is 0 Å². The number of halogens is 1. The van der Waals surface area contributed by atoms with Gasteiger partial charge in [0.05, 0.1) is 5.52 Å². The Balaban J connectivity index is 2.06. The van der Waals surface area contributed by atoms with Gasteiger partial charge in [0.25, 0.3) is 5.56 Å². The van der Waals surface area contributed by atoms with E-state index in [0.717, 1.165) is 11.8 Å². The summed E-state index contributed by atoms with van der Waals surface area (Å²) in [6.45, 7) is 0. The van der Waals surface area contributed by atoms with Gasteiger partial charge in [-0.1, -0.05) is 41.6 Å². The molecule has 0 aliphatic carbocycles. The number of para-hydroxylation sites is 1. The molecule has 2 aromatic heterocycles. The van der Waals surface area contributed by atoms with E-state index in [1.165, 1.54) is 4.57 Å². The summed E-state index contributed by atoms with van der Waals surface area (Å²) < 4.78 is 6.86. The van der Waals surface area contributed by atoms with Crippen molar-refractivity contribution in [2.24, 2.45) is 7.05 Å². The molecule has 0 saturated heterocycles. The van der Waals surface area contributed by atoms with Gasteiger partial charge in [0.15, 0.2) is 11.3 Å². The summed E-state index contributed by atoms with van der Waals surface area (Å²) in [7, 11) is 1.61. The first kappa shape index (κ1) is 16.8. The van der Waals surface area contributed by atoms with Gasteiger partial charge in [-0.3, -0.25) is 4.79 Å². The minimum Gasteiger partial charge on any atom is -0.505 e. The number of aromatic hydroxyl groups is 1. The molecule has 0 radical (unpaired) electrons. The zero-order chi connectivity index (χ0) is 18.4. The van der Waals surface area contributed by atoms with Crippen molar-refractivity contribution in [3.8, 4) is 5.75 Å². The summed E-state index contributed by atoms with van der Waals surface area (Å²) in [6, 6.07) is 13.9. The molecule has 0 bridgehead atoms. The normalized spacial score (nSPS) is 11.3. The molecule has 5 nitrogen and oxygen atoms in total. The molecule has 1 N–H and O–H groups in total. The maximum Gasteiger partial charge on any atom is 0.354 e. The van der Waals surface area contributed by atoms with Crippen LogP contribution in [0.2, 0.25) is 5.02 Å². The van der Waals surface area contributed by atoms with E-state index in [4.69, 9.17) is 16.0 Å². The van der Waals surface area contributed by atoms with Crippen LogP contribution in [0.15, 0.2) is 72.3 Å². The summed E-state index contributed by atoms with van der Waals surface area (Å²) in [4.78, 5) is 25.8. The van der Waals surface area contributed by atoms with E-state index in [0.29, 0.717) is 20.8 Å². The monoisotopic (exact) mass is 385 g/mol. The standard InChI is InChI=1S/C19H12ClNO4S/c1-21-13-8-3-2-7-12(13)16-14(18(21)23)15(22)17(19(24)25-16)26-11-6-4-5-10(20)9-11/h2-9,22H,1H3. The van der Waals surface area contributed by atoms with Crippen LogP contribution in [-0.2, 0) is 7.05 Å². The van der Waals surface area contributed by atoms with Crippen molar-refractivity contribution >= 4 is 45.2 Å². The number of benzene rings is 2. The van der Waals surface area contributed by atoms with Crippen molar-refractivity contribution in [2.75, 3.05) is 0 Å². The van der Waals surface area contributed by atoms with Crippen LogP contribution in [-0.4, -0.2) is 9.67 Å². The lowest BCUT2D eigenvalue weighted by Crippen LogP contribution is -2.19. The number of fused-ring (bicyclic) bond motifs is 3. The zero-order valence-electron chi connectivity index (χ0n) is 13.5. The fraction of sp³-hybridized carbons (Fsp3) is 0.0526. The fourth-order valence-corrected chi connectivity index (χ4v) is 4.02. The Bertz CT molecular complexity index is 1290. The van der Waals surface area contributed by atoms with Crippen LogP contribution in [0.1, 0.15) is 0 Å². The van der Waals surface area contributed by atoms with Gasteiger partial charge in [-0.25, -0.2) is 4.79 Å². The van der Waals surface area contributed by atoms with Gasteiger partial charge in [0.2, 0.25) is 0 Å². The van der Waals surface area contributed by atoms with E-state index in [2.05, 4.69) is 0 Å². The third kappa shape index (κ3) is 2.58. The number of pyridine rings is 1. The molecule has 26 heavy (non-hydrogen) atoms. The molecule has 4 rings (SSSR count). The lowest BCUT2D eigenvalue weighted by atomic mass is 10.1. The van der Waals surface area contributed by atoms with Crippen LogP contribution in [0.25, 0.3) is 21.9 Å². The van der Waals surface area contributed by atoms with Gasteiger partial charge in [-0.05, 0) is 30.3 Å². The molecule has 0 amide bonds. The van der Waals surface area contributed by atoms with E-state index >= 15 is 0 Å². The second kappa shape index (κ2) is 6.23. The Morgan fingerprint density at radius 1 is 1.12 bits per heavy atom. The first-order valence-corrected chi connectivity index (χ1v) is 8.87. The predicted octanol–water partition coefficient (Wildman–Crippen LogP) is 4.16. The predicted molar refractivity (Wildman–Crippen MR) is 102 cm³/mol. The molecule has 0 unspecified atom stereocenters. The van der Waals surface area contributed by atoms with E-state index in [9.17, 15) is 14.7 Å². The number of aryl methyl sites for hydroxylation is 1. The Hall–Kier alpha value is -2.70. The zero-order valence-corrected chi connectivity index (χ0v) is 15.1. The van der Waals surface area contributed by atoms with Crippen LogP contribution < -0.4 is 11.2 Å². The van der Waals surface area contributed by atoms with Crippen molar-refractivity contribution in [3.05, 3.63) is 74.3 Å². The molecule has 2 aromatic carbocycles. The topological polar surface area (TPSA) is 72.4 Å². The molecule has 130 valence electrons. The highest BCUT2D eigenvalue weighted by molar-refractivity contribution is 7.99. The minimum atomic E-state index is -0.710. The van der Waals surface area contributed by atoms with E-state index in [1.54, 1.807) is 55.6 Å². The average molecular weight is 386 g/mol. The molecule has 0 saturated carbocycles. The molecular formula is C19H12ClNO4S. The second-order valence-corrected chi connectivity index (χ2v) is 7.23. The van der Waals surface area contributed by atoms with E-state index in [1.807, 2.05) is 0 Å². The number of rotatable bonds is 2. The first-order valence-electron chi connectivity index (χ1n) is 7.68. The summed E-state index contributed by atoms with van der Waals surface area (Å²) in [5, 5.41) is 11.8. The third-order valence-corrected chi connectivity index (χ3v) is 5.39. The third-order valence-electron chi connectivity index (χ3n) is 4.10. The number of nitrogens with zero attached hydrogens (tertiary/aromatic N) is 1. The SMILES string of the molecule is Cn1c(=O)c2c(O)c(Sc3cccc(Cl)c3)c(=O)oc2c2ccccc21. The number of aromatic nitrogens is 1. The Kier molecular flexibility index (Phi) is 4.01. The molecule has 0 atom stereocenters. The summed E-state index contributed by atoms with van der Waals surface area (Å²) in [5.74, 6) is -0.382. The lowest BCUT2D eigenvalue weighted by molar-refractivity contribution is 0.447. The Morgan fingerprint density at radius 3 is 2.65 bits per heavy atom. The molecule has 0 fully saturated rings. The van der Waals surface area contributed by atoms with Gasteiger partial charge >= 0.3 is 5.63 Å². The van der Waals surface area contributed by atoms with Gasteiger partial charge in [-0.2, -0.15) is 0 Å². The number of hydrogen-bond donors (Lipinski definition) is 1. The van der Waals surface area contributed by atoms with E-state index in [-0.39, 0.29) is 21.6 Å². The first-order chi connectivity index (χ1) is 12.5. The second-order valence-electron chi connectivity index (χ2n) is 5.71. The lowest BCUT2D eigenvalue weighted by Gasteiger charge is -2.10. The van der Waals surface area contributed by atoms with Crippen molar-refractivity contribution < 1.29 is 9.52 Å². The van der Waals surface area contributed by atoms with Gasteiger partial charge in [0, 0.05) is 22.4 Å². The molecular weight excluding hydrogens is 374 g/mol. The maximum absolute atomic E-state index is 12.7. The van der Waals surface area contributed by atoms with Crippen molar-refractivity contribution in [2.45, 2.75) is 9.79 Å². The van der Waals surface area contributed by atoms with Crippen LogP contribution in [0.5, 0.6) is 5.75 Å². The van der Waals surface area contributed by atoms with Gasteiger partial charge < -0.3 is 14.1 Å². The maximum atomic E-state index is 12.7. The van der Waals surface area contributed by atoms with E-state index < -0.39 is 11.2 Å². The Labute approximate surface area is 156 Å². The summed E-state index contributed by atoms with van der Waals surface area (Å²) >= 11 is 6.97. The largest absolute Gasteiger partial charge is 0.505 e. The molecule has 7 heteroatoms. The van der Waals surface area contributed by atoms with Gasteiger partial charge in [-0.15, -0.1) is 0 Å². The minimum absolute atomic E-state index is 0.0182. The molecule has 4 aromatic rings. The molecule has 0 spiro atoms. The summed E-state index contributed by atoms with van der Waals surface area (Å²) in [6.07, 6.45) is 0. The van der Waals surface area contributed by atoms with Gasteiger partial charge in [0.1, 0.15) is 10.3 Å². The van der Waals surface area contributed by atoms with Crippen molar-refractivity contribution in [1.29, 1.82) is 0 Å². The number of hydrogen-bond acceptors (Lipinski definition) is 5. The highest BCUT2D eigenvalue weighted by Gasteiger charge is 2.21. The molecule has 0 aliphatic rings. The highest BCUT2D eigenvalue weighted by atomic mass is 35.5. The van der Waals surface area contributed by atoms with Crippen LogP contribution in [0.4, 0.5) is 0 Å². The smallest absolute Gasteiger partial charge is 0.354 e. The Morgan fingerprint density at radius 2 is 1.88 bits per heavy atom. The highest BCUT2D eigenvalue weighted by Crippen LogP contribution is 2.37. The average Bonchev–Trinajstić information content (AvgIpc) is 2.63. The van der Waals surface area contributed by atoms with Crippen LogP contribution in [0.3, 0.4) is 0 Å². The molecule has 0 aliphatic heterocycles. The quantitative estimate of drug-likeness (QED) is 0.525. The van der Waals surface area contributed by atoms with Crippen LogP contribution >= 0.6 is 23.4 Å². The fourth-order valence-electron chi connectivity index (χ4n) is 2.87.